The van der Waals surface area contributed by atoms with Crippen LogP contribution >= 0.6 is 0 Å². The largest absolute Gasteiger partial charge is 0.478 e. The Bertz CT molecular complexity index is 534. The summed E-state index contributed by atoms with van der Waals surface area (Å²) in [5.74, 6) is 1.34. The van der Waals surface area contributed by atoms with Crippen LogP contribution in [0.4, 0.5) is 0 Å². The summed E-state index contributed by atoms with van der Waals surface area (Å²) in [5, 5.41) is 15.3. The third-order valence-corrected chi connectivity index (χ3v) is 2.50. The van der Waals surface area contributed by atoms with Crippen molar-refractivity contribution in [3.05, 3.63) is 42.0 Å². The number of nitrogens with zero attached hydrogens (tertiary/aromatic N) is 3. The molecule has 98 valence electrons. The smallest absolute Gasteiger partial charge is 0.227 e. The third-order valence-electron chi connectivity index (χ3n) is 2.50. The summed E-state index contributed by atoms with van der Waals surface area (Å²) in [6.07, 6.45) is 2.07. The molecule has 0 saturated carbocycles. The Morgan fingerprint density at radius 2 is 2.26 bits per heavy atom. The Hall–Kier alpha value is -2.39. The van der Waals surface area contributed by atoms with Gasteiger partial charge in [0.15, 0.2) is 12.9 Å². The highest BCUT2D eigenvalue weighted by Gasteiger charge is 2.03. The van der Waals surface area contributed by atoms with Crippen molar-refractivity contribution in [3.8, 4) is 11.8 Å². The van der Waals surface area contributed by atoms with Crippen molar-refractivity contribution in [1.29, 1.82) is 5.26 Å². The third kappa shape index (κ3) is 4.08. The van der Waals surface area contributed by atoms with Gasteiger partial charge >= 0.3 is 0 Å². The molecule has 0 amide bonds. The molecule has 0 radical (unpaired) electrons. The number of hydrogen-bond donors (Lipinski definition) is 1. The van der Waals surface area contributed by atoms with E-state index in [1.54, 1.807) is 0 Å². The molecule has 1 heterocycles. The molecule has 1 aromatic heterocycles. The van der Waals surface area contributed by atoms with Crippen molar-refractivity contribution in [3.63, 3.8) is 0 Å². The summed E-state index contributed by atoms with van der Waals surface area (Å²) in [6.45, 7) is 1.45. The van der Waals surface area contributed by atoms with E-state index in [9.17, 15) is 0 Å². The molecule has 6 nitrogen and oxygen atoms in total. The summed E-state index contributed by atoms with van der Waals surface area (Å²) >= 11 is 0. The molecule has 0 aliphatic heterocycles. The molecule has 0 aliphatic carbocycles. The molecule has 0 fully saturated rings. The summed E-state index contributed by atoms with van der Waals surface area (Å²) in [5.41, 5.74) is 1.02. The van der Waals surface area contributed by atoms with Gasteiger partial charge in [0.2, 0.25) is 5.89 Å². The van der Waals surface area contributed by atoms with Crippen LogP contribution in [0.3, 0.4) is 0 Å². The van der Waals surface area contributed by atoms with Crippen LogP contribution in [0.25, 0.3) is 0 Å². The highest BCUT2D eigenvalue weighted by atomic mass is 16.5. The molecule has 2 aromatic rings. The molecule has 1 aromatic carbocycles. The zero-order valence-corrected chi connectivity index (χ0v) is 10.4. The number of benzene rings is 1. The molecule has 0 bridgehead atoms. The molecule has 19 heavy (non-hydrogen) atoms. The predicted molar refractivity (Wildman–Crippen MR) is 67.3 cm³/mol. The van der Waals surface area contributed by atoms with Gasteiger partial charge in [-0.25, -0.2) is 0 Å². The van der Waals surface area contributed by atoms with Crippen molar-refractivity contribution in [2.45, 2.75) is 13.0 Å². The molecule has 0 atom stereocenters. The van der Waals surface area contributed by atoms with Crippen LogP contribution in [0.1, 0.15) is 11.5 Å². The van der Waals surface area contributed by atoms with Crippen molar-refractivity contribution in [2.75, 3.05) is 13.2 Å². The zero-order valence-electron chi connectivity index (χ0n) is 10.4. The highest BCUT2D eigenvalue weighted by Crippen LogP contribution is 2.17. The summed E-state index contributed by atoms with van der Waals surface area (Å²) < 4.78 is 10.2. The number of nitrogens with one attached hydrogen (secondary N) is 1. The van der Waals surface area contributed by atoms with Crippen LogP contribution in [-0.2, 0) is 13.0 Å². The van der Waals surface area contributed by atoms with Gasteiger partial charge in [-0.05, 0) is 6.07 Å². The van der Waals surface area contributed by atoms with Gasteiger partial charge in [-0.1, -0.05) is 23.4 Å². The SMILES string of the molecule is N#CCOc1ccccc1CNCCc1ncno1. The molecular weight excluding hydrogens is 244 g/mol. The average molecular weight is 258 g/mol. The Balaban J connectivity index is 1.80. The van der Waals surface area contributed by atoms with Gasteiger partial charge < -0.3 is 14.6 Å². The zero-order chi connectivity index (χ0) is 13.3. The van der Waals surface area contributed by atoms with Gasteiger partial charge in [0.25, 0.3) is 0 Å². The van der Waals surface area contributed by atoms with Crippen LogP contribution in [0.15, 0.2) is 35.1 Å². The first-order valence-electron chi connectivity index (χ1n) is 5.94. The summed E-state index contributed by atoms with van der Waals surface area (Å²) in [7, 11) is 0. The van der Waals surface area contributed by atoms with E-state index in [2.05, 4.69) is 15.5 Å². The maximum atomic E-state index is 8.52. The Morgan fingerprint density at radius 3 is 3.05 bits per heavy atom. The van der Waals surface area contributed by atoms with Crippen LogP contribution in [0, 0.1) is 11.3 Å². The number of rotatable bonds is 7. The number of nitriles is 1. The van der Waals surface area contributed by atoms with Crippen molar-refractivity contribution < 1.29 is 9.26 Å². The first-order valence-corrected chi connectivity index (χ1v) is 5.94. The molecule has 0 saturated heterocycles. The molecule has 0 aliphatic rings. The number of para-hydroxylation sites is 1. The quantitative estimate of drug-likeness (QED) is 0.754. The fourth-order valence-corrected chi connectivity index (χ4v) is 1.63. The molecule has 2 rings (SSSR count). The lowest BCUT2D eigenvalue weighted by molar-refractivity contribution is 0.361. The Morgan fingerprint density at radius 1 is 1.37 bits per heavy atom. The van der Waals surface area contributed by atoms with E-state index in [4.69, 9.17) is 14.5 Å². The standard InChI is InChI=1S/C13H14N4O2/c14-6-8-18-12-4-2-1-3-11(12)9-15-7-5-13-16-10-17-19-13/h1-4,10,15H,5,7-9H2. The molecule has 6 heteroatoms. The minimum Gasteiger partial charge on any atom is -0.478 e. The van der Waals surface area contributed by atoms with E-state index >= 15 is 0 Å². The normalized spacial score (nSPS) is 10.1. The van der Waals surface area contributed by atoms with Crippen LogP contribution < -0.4 is 10.1 Å². The van der Waals surface area contributed by atoms with Gasteiger partial charge in [-0.15, -0.1) is 0 Å². The Labute approximate surface area is 111 Å². The second-order valence-electron chi connectivity index (χ2n) is 3.82. The summed E-state index contributed by atoms with van der Waals surface area (Å²) in [4.78, 5) is 3.94. The van der Waals surface area contributed by atoms with Gasteiger partial charge in [-0.3, -0.25) is 0 Å². The predicted octanol–water partition coefficient (Wildman–Crippen LogP) is 1.30. The van der Waals surface area contributed by atoms with E-state index in [1.807, 2.05) is 30.3 Å². The first-order chi connectivity index (χ1) is 9.40. The van der Waals surface area contributed by atoms with Gasteiger partial charge in [0.05, 0.1) is 0 Å². The summed E-state index contributed by atoms with van der Waals surface area (Å²) in [6, 6.07) is 9.60. The monoisotopic (exact) mass is 258 g/mol. The Kier molecular flexibility index (Phi) is 4.90. The maximum Gasteiger partial charge on any atom is 0.227 e. The maximum absolute atomic E-state index is 8.52. The van der Waals surface area contributed by atoms with E-state index in [0.29, 0.717) is 18.9 Å². The van der Waals surface area contributed by atoms with Crippen molar-refractivity contribution in [2.24, 2.45) is 0 Å². The fourth-order valence-electron chi connectivity index (χ4n) is 1.63. The van der Waals surface area contributed by atoms with Gasteiger partial charge in [0, 0.05) is 25.1 Å². The van der Waals surface area contributed by atoms with E-state index < -0.39 is 0 Å². The van der Waals surface area contributed by atoms with Gasteiger partial charge in [-0.2, -0.15) is 10.2 Å². The number of ether oxygens (including phenoxy) is 1. The van der Waals surface area contributed by atoms with E-state index in [0.717, 1.165) is 17.9 Å². The lowest BCUT2D eigenvalue weighted by Gasteiger charge is -2.09. The van der Waals surface area contributed by atoms with E-state index in [-0.39, 0.29) is 6.61 Å². The molecule has 1 N–H and O–H groups in total. The van der Waals surface area contributed by atoms with Crippen LogP contribution in [-0.4, -0.2) is 23.3 Å². The lowest BCUT2D eigenvalue weighted by Crippen LogP contribution is -2.17. The van der Waals surface area contributed by atoms with Crippen molar-refractivity contribution >= 4 is 0 Å². The average Bonchev–Trinajstić information content (AvgIpc) is 2.95. The molecule has 0 spiro atoms. The second-order valence-corrected chi connectivity index (χ2v) is 3.82. The lowest BCUT2D eigenvalue weighted by atomic mass is 10.2. The van der Waals surface area contributed by atoms with Crippen LogP contribution in [0.5, 0.6) is 5.75 Å². The van der Waals surface area contributed by atoms with Gasteiger partial charge in [0.1, 0.15) is 11.8 Å². The van der Waals surface area contributed by atoms with E-state index in [1.165, 1.54) is 6.33 Å². The fraction of sp³-hybridized carbons (Fsp3) is 0.308. The number of hydrogen-bond acceptors (Lipinski definition) is 6. The minimum absolute atomic E-state index is 0.0546. The second kappa shape index (κ2) is 7.13. The topological polar surface area (TPSA) is 84.0 Å². The van der Waals surface area contributed by atoms with Crippen molar-refractivity contribution in [1.82, 2.24) is 15.5 Å². The highest BCUT2D eigenvalue weighted by molar-refractivity contribution is 5.33. The molecular formula is C13H14N4O2. The number of aromatic nitrogens is 2. The van der Waals surface area contributed by atoms with Crippen LogP contribution in [0.2, 0.25) is 0 Å². The first kappa shape index (κ1) is 13.1. The minimum atomic E-state index is 0.0546. The molecule has 0 unspecified atom stereocenters.